The Morgan fingerprint density at radius 1 is 1.40 bits per heavy atom. The molecule has 0 amide bonds. The lowest BCUT2D eigenvalue weighted by Gasteiger charge is -2.27. The highest BCUT2D eigenvalue weighted by atomic mass is 35.5. The molecule has 1 fully saturated rings. The van der Waals surface area contributed by atoms with Gasteiger partial charge in [-0.2, -0.15) is 0 Å². The summed E-state index contributed by atoms with van der Waals surface area (Å²) in [7, 11) is 0. The fourth-order valence-corrected chi connectivity index (χ4v) is 3.66. The molecule has 2 aromatic rings. The first-order valence-corrected chi connectivity index (χ1v) is 8.16. The van der Waals surface area contributed by atoms with Crippen LogP contribution in [0.2, 0.25) is 0 Å². The van der Waals surface area contributed by atoms with Gasteiger partial charge in [-0.05, 0) is 30.7 Å². The van der Waals surface area contributed by atoms with Crippen molar-refractivity contribution in [2.45, 2.75) is 45.6 Å². The predicted octanol–water partition coefficient (Wildman–Crippen LogP) is 4.04. The van der Waals surface area contributed by atoms with Crippen molar-refractivity contribution in [2.75, 3.05) is 5.88 Å². The molecule has 0 radical (unpaired) electrons. The summed E-state index contributed by atoms with van der Waals surface area (Å²) in [5.74, 6) is 3.37. The third-order valence-corrected chi connectivity index (χ3v) is 4.62. The van der Waals surface area contributed by atoms with Gasteiger partial charge in [-0.3, -0.25) is 4.98 Å². The van der Waals surface area contributed by atoms with E-state index in [9.17, 15) is 0 Å². The zero-order valence-corrected chi connectivity index (χ0v) is 12.8. The second-order valence-electron chi connectivity index (χ2n) is 6.08. The number of pyridine rings is 1. The van der Waals surface area contributed by atoms with Gasteiger partial charge in [0.2, 0.25) is 0 Å². The van der Waals surface area contributed by atoms with Gasteiger partial charge in [0.1, 0.15) is 11.3 Å². The van der Waals surface area contributed by atoms with E-state index in [1.807, 2.05) is 12.4 Å². The molecule has 20 heavy (non-hydrogen) atoms. The number of rotatable bonds is 4. The summed E-state index contributed by atoms with van der Waals surface area (Å²) >= 11 is 5.93. The maximum Gasteiger partial charge on any atom is 0.111 e. The average molecular weight is 292 g/mol. The molecular weight excluding hydrogens is 270 g/mol. The zero-order chi connectivity index (χ0) is 13.9. The molecule has 2 aromatic heterocycles. The molecule has 0 bridgehead atoms. The first-order valence-electron chi connectivity index (χ1n) is 7.63. The van der Waals surface area contributed by atoms with Gasteiger partial charge in [0.25, 0.3) is 0 Å². The van der Waals surface area contributed by atoms with Crippen molar-refractivity contribution in [1.29, 1.82) is 0 Å². The quantitative estimate of drug-likeness (QED) is 0.796. The molecular formula is C16H22ClN3. The number of aromatic nitrogens is 3. The van der Waals surface area contributed by atoms with Gasteiger partial charge in [-0.1, -0.05) is 19.8 Å². The Kier molecular flexibility index (Phi) is 4.25. The van der Waals surface area contributed by atoms with Crippen LogP contribution in [0, 0.1) is 11.8 Å². The first-order chi connectivity index (χ1) is 9.78. The predicted molar refractivity (Wildman–Crippen MR) is 83.1 cm³/mol. The van der Waals surface area contributed by atoms with E-state index in [2.05, 4.69) is 22.5 Å². The molecule has 3 nitrogen and oxygen atoms in total. The molecule has 1 saturated carbocycles. The van der Waals surface area contributed by atoms with Crippen molar-refractivity contribution in [3.8, 4) is 0 Å². The Bertz CT molecular complexity index is 578. The van der Waals surface area contributed by atoms with E-state index in [0.717, 1.165) is 36.1 Å². The Morgan fingerprint density at radius 3 is 3.10 bits per heavy atom. The number of aryl methyl sites for hydroxylation is 1. The van der Waals surface area contributed by atoms with Crippen molar-refractivity contribution in [1.82, 2.24) is 14.5 Å². The molecule has 0 aromatic carbocycles. The number of halogens is 1. The molecule has 2 heterocycles. The van der Waals surface area contributed by atoms with E-state index in [0.29, 0.717) is 5.88 Å². The number of nitrogens with zero attached hydrogens (tertiary/aromatic N) is 3. The minimum absolute atomic E-state index is 0.623. The largest absolute Gasteiger partial charge is 0.328 e. The van der Waals surface area contributed by atoms with Crippen LogP contribution in [0.25, 0.3) is 11.0 Å². The number of fused-ring (bicyclic) bond motifs is 1. The molecule has 4 heteroatoms. The standard InChI is InChI=1S/C16H22ClN3/c1-12-3-2-4-13(9-12)11-20-15-6-8-18-10-14(15)19-16(20)5-7-17/h6,8,10,12-13H,2-5,7,9,11H2,1H3. The minimum atomic E-state index is 0.623. The Labute approximate surface area is 125 Å². The van der Waals surface area contributed by atoms with Crippen LogP contribution in [0.5, 0.6) is 0 Å². The lowest BCUT2D eigenvalue weighted by atomic mass is 9.82. The van der Waals surface area contributed by atoms with Crippen molar-refractivity contribution >= 4 is 22.6 Å². The fraction of sp³-hybridized carbons (Fsp3) is 0.625. The SMILES string of the molecule is CC1CCCC(Cn2c(CCCl)nc3cnccc32)C1. The first kappa shape index (κ1) is 13.9. The highest BCUT2D eigenvalue weighted by Gasteiger charge is 2.21. The second-order valence-corrected chi connectivity index (χ2v) is 6.46. The van der Waals surface area contributed by atoms with Crippen molar-refractivity contribution in [2.24, 2.45) is 11.8 Å². The van der Waals surface area contributed by atoms with E-state index in [1.165, 1.54) is 31.2 Å². The van der Waals surface area contributed by atoms with E-state index in [-0.39, 0.29) is 0 Å². The molecule has 0 N–H and O–H groups in total. The molecule has 3 rings (SSSR count). The Hall–Kier alpha value is -1.09. The molecule has 0 spiro atoms. The Morgan fingerprint density at radius 2 is 2.30 bits per heavy atom. The normalized spacial score (nSPS) is 23.3. The number of alkyl halides is 1. The summed E-state index contributed by atoms with van der Waals surface area (Å²) < 4.78 is 2.38. The Balaban J connectivity index is 1.90. The summed E-state index contributed by atoms with van der Waals surface area (Å²) in [6.45, 7) is 3.46. The third-order valence-electron chi connectivity index (χ3n) is 4.43. The molecule has 0 saturated heterocycles. The van der Waals surface area contributed by atoms with Gasteiger partial charge in [0, 0.05) is 25.0 Å². The third kappa shape index (κ3) is 2.83. The number of hydrogen-bond acceptors (Lipinski definition) is 2. The van der Waals surface area contributed by atoms with Crippen LogP contribution in [0.4, 0.5) is 0 Å². The van der Waals surface area contributed by atoms with Gasteiger partial charge < -0.3 is 4.57 Å². The van der Waals surface area contributed by atoms with E-state index >= 15 is 0 Å². The minimum Gasteiger partial charge on any atom is -0.328 e. The molecule has 1 aliphatic rings. The topological polar surface area (TPSA) is 30.7 Å². The van der Waals surface area contributed by atoms with Gasteiger partial charge >= 0.3 is 0 Å². The van der Waals surface area contributed by atoms with E-state index in [4.69, 9.17) is 16.6 Å². The van der Waals surface area contributed by atoms with Crippen molar-refractivity contribution in [3.63, 3.8) is 0 Å². The molecule has 1 aliphatic carbocycles. The molecule has 0 aliphatic heterocycles. The second kappa shape index (κ2) is 6.13. The van der Waals surface area contributed by atoms with Crippen LogP contribution in [0.15, 0.2) is 18.5 Å². The van der Waals surface area contributed by atoms with E-state index < -0.39 is 0 Å². The molecule has 2 atom stereocenters. The number of imidazole rings is 1. The highest BCUT2D eigenvalue weighted by Crippen LogP contribution is 2.31. The van der Waals surface area contributed by atoms with Gasteiger partial charge in [0.15, 0.2) is 0 Å². The van der Waals surface area contributed by atoms with Crippen molar-refractivity contribution in [3.05, 3.63) is 24.3 Å². The average Bonchev–Trinajstić information content (AvgIpc) is 2.78. The van der Waals surface area contributed by atoms with Crippen LogP contribution in [0.3, 0.4) is 0 Å². The zero-order valence-electron chi connectivity index (χ0n) is 12.1. The van der Waals surface area contributed by atoms with Gasteiger partial charge in [-0.25, -0.2) is 4.98 Å². The lowest BCUT2D eigenvalue weighted by Crippen LogP contribution is -2.19. The van der Waals surface area contributed by atoms with Crippen molar-refractivity contribution < 1.29 is 0 Å². The van der Waals surface area contributed by atoms with Crippen LogP contribution in [-0.4, -0.2) is 20.4 Å². The van der Waals surface area contributed by atoms with Crippen LogP contribution in [0.1, 0.15) is 38.4 Å². The van der Waals surface area contributed by atoms with E-state index in [1.54, 1.807) is 0 Å². The highest BCUT2D eigenvalue weighted by molar-refractivity contribution is 6.17. The maximum atomic E-state index is 5.93. The summed E-state index contributed by atoms with van der Waals surface area (Å²) in [4.78, 5) is 8.88. The monoisotopic (exact) mass is 291 g/mol. The van der Waals surface area contributed by atoms with Crippen LogP contribution in [-0.2, 0) is 13.0 Å². The smallest absolute Gasteiger partial charge is 0.111 e. The van der Waals surface area contributed by atoms with Gasteiger partial charge in [0.05, 0.1) is 11.7 Å². The summed E-state index contributed by atoms with van der Waals surface area (Å²) in [5, 5.41) is 0. The summed E-state index contributed by atoms with van der Waals surface area (Å²) in [6, 6.07) is 2.08. The summed E-state index contributed by atoms with van der Waals surface area (Å²) in [6.07, 6.45) is 9.98. The molecule has 108 valence electrons. The van der Waals surface area contributed by atoms with Crippen LogP contribution < -0.4 is 0 Å². The lowest BCUT2D eigenvalue weighted by molar-refractivity contribution is 0.257. The maximum absolute atomic E-state index is 5.93. The van der Waals surface area contributed by atoms with Gasteiger partial charge in [-0.15, -0.1) is 11.6 Å². The summed E-state index contributed by atoms with van der Waals surface area (Å²) in [5.41, 5.74) is 2.20. The van der Waals surface area contributed by atoms with Crippen LogP contribution >= 0.6 is 11.6 Å². The number of hydrogen-bond donors (Lipinski definition) is 0. The fourth-order valence-electron chi connectivity index (χ4n) is 3.49. The molecule has 2 unspecified atom stereocenters.